The van der Waals surface area contributed by atoms with Crippen molar-refractivity contribution >= 4 is 12.3 Å². The van der Waals surface area contributed by atoms with Gasteiger partial charge in [0.05, 0.1) is 12.0 Å². The van der Waals surface area contributed by atoms with Crippen LogP contribution < -0.4 is 0 Å². The van der Waals surface area contributed by atoms with Crippen LogP contribution in [0.2, 0.25) is 0 Å². The summed E-state index contributed by atoms with van der Waals surface area (Å²) >= 11 is 0. The fourth-order valence-electron chi connectivity index (χ4n) is 2.55. The van der Waals surface area contributed by atoms with Gasteiger partial charge in [0, 0.05) is 26.2 Å². The van der Waals surface area contributed by atoms with Gasteiger partial charge < -0.3 is 14.9 Å². The van der Waals surface area contributed by atoms with Gasteiger partial charge in [0.25, 0.3) is 0 Å². The number of likely N-dealkylation sites (tertiary alicyclic amines) is 2. The molecule has 2 aliphatic rings. The Balaban J connectivity index is 1.92. The van der Waals surface area contributed by atoms with E-state index in [0.717, 1.165) is 19.4 Å². The van der Waals surface area contributed by atoms with Crippen molar-refractivity contribution in [3.05, 3.63) is 0 Å². The average molecular weight is 226 g/mol. The number of aliphatic hydroxyl groups excluding tert-OH is 1. The summed E-state index contributed by atoms with van der Waals surface area (Å²) in [6.45, 7) is 4.23. The largest absolute Gasteiger partial charge is 0.389 e. The number of nitrogens with zero attached hydrogens (tertiary/aromatic N) is 2. The molecule has 0 unspecified atom stereocenters. The highest BCUT2D eigenvalue weighted by atomic mass is 16.3. The van der Waals surface area contributed by atoms with E-state index < -0.39 is 0 Å². The first-order valence-corrected chi connectivity index (χ1v) is 5.76. The number of carbonyl (C=O) groups is 2. The Morgan fingerprint density at radius 2 is 2.00 bits per heavy atom. The van der Waals surface area contributed by atoms with Gasteiger partial charge in [0.15, 0.2) is 0 Å². The van der Waals surface area contributed by atoms with E-state index in [0.29, 0.717) is 25.6 Å². The van der Waals surface area contributed by atoms with E-state index in [4.69, 9.17) is 5.11 Å². The summed E-state index contributed by atoms with van der Waals surface area (Å²) in [5, 5.41) is 9.16. The van der Waals surface area contributed by atoms with Gasteiger partial charge in [0.2, 0.25) is 12.3 Å². The third-order valence-electron chi connectivity index (χ3n) is 3.36. The van der Waals surface area contributed by atoms with Gasteiger partial charge in [-0.25, -0.2) is 0 Å². The zero-order chi connectivity index (χ0) is 11.7. The minimum atomic E-state index is -0.355. The number of amides is 2. The molecular formula is C11H18N2O3. The molecule has 2 atom stereocenters. The first-order chi connectivity index (χ1) is 7.60. The summed E-state index contributed by atoms with van der Waals surface area (Å²) < 4.78 is 0. The molecule has 2 amide bonds. The molecule has 0 aromatic rings. The van der Waals surface area contributed by atoms with Crippen molar-refractivity contribution < 1.29 is 14.7 Å². The van der Waals surface area contributed by atoms with E-state index >= 15 is 0 Å². The van der Waals surface area contributed by atoms with Crippen LogP contribution in [0.25, 0.3) is 0 Å². The first kappa shape index (κ1) is 11.4. The number of carbonyl (C=O) groups excluding carboxylic acids is 2. The summed E-state index contributed by atoms with van der Waals surface area (Å²) in [6.07, 6.45) is 1.31. The van der Waals surface area contributed by atoms with E-state index in [1.54, 1.807) is 9.80 Å². The average Bonchev–Trinajstić information content (AvgIpc) is 2.23. The minimum Gasteiger partial charge on any atom is -0.389 e. The molecule has 0 aliphatic carbocycles. The van der Waals surface area contributed by atoms with Crippen molar-refractivity contribution in [2.75, 3.05) is 26.2 Å². The summed E-state index contributed by atoms with van der Waals surface area (Å²) in [7, 11) is 0. The summed E-state index contributed by atoms with van der Waals surface area (Å²) in [4.78, 5) is 26.1. The smallest absolute Gasteiger partial charge is 0.227 e. The molecule has 2 aliphatic heterocycles. The van der Waals surface area contributed by atoms with Crippen molar-refractivity contribution in [1.82, 2.24) is 9.80 Å². The molecule has 16 heavy (non-hydrogen) atoms. The second-order valence-corrected chi connectivity index (χ2v) is 4.99. The summed E-state index contributed by atoms with van der Waals surface area (Å²) in [5.41, 5.74) is 0. The van der Waals surface area contributed by atoms with Crippen LogP contribution in [-0.2, 0) is 9.59 Å². The molecule has 0 aromatic carbocycles. The van der Waals surface area contributed by atoms with Crippen LogP contribution in [0.15, 0.2) is 0 Å². The maximum absolute atomic E-state index is 12.0. The predicted molar refractivity (Wildman–Crippen MR) is 57.5 cm³/mol. The van der Waals surface area contributed by atoms with E-state index in [1.807, 2.05) is 0 Å². The topological polar surface area (TPSA) is 60.9 Å². The third kappa shape index (κ3) is 2.19. The van der Waals surface area contributed by atoms with E-state index in [-0.39, 0.29) is 17.9 Å². The number of piperidine rings is 1. The molecule has 2 rings (SSSR count). The fraction of sp³-hybridized carbons (Fsp3) is 0.818. The molecule has 5 nitrogen and oxygen atoms in total. The molecule has 2 heterocycles. The van der Waals surface area contributed by atoms with E-state index in [1.165, 1.54) is 0 Å². The van der Waals surface area contributed by atoms with E-state index in [9.17, 15) is 9.59 Å². The highest BCUT2D eigenvalue weighted by Crippen LogP contribution is 2.24. The Morgan fingerprint density at radius 3 is 2.56 bits per heavy atom. The van der Waals surface area contributed by atoms with Gasteiger partial charge in [-0.2, -0.15) is 0 Å². The molecule has 5 heteroatoms. The highest BCUT2D eigenvalue weighted by Gasteiger charge is 2.36. The number of hydrogen-bond acceptors (Lipinski definition) is 3. The number of β-amino-alcohol motifs (C(OH)–C–C–N with tert-alkyl or cyclic N) is 1. The Hall–Kier alpha value is -1.10. The molecular weight excluding hydrogens is 208 g/mol. The molecule has 90 valence electrons. The zero-order valence-corrected chi connectivity index (χ0v) is 9.50. The second kappa shape index (κ2) is 4.41. The lowest BCUT2D eigenvalue weighted by Gasteiger charge is -2.41. The number of hydrogen-bond donors (Lipinski definition) is 1. The predicted octanol–water partition coefficient (Wildman–Crippen LogP) is -0.696. The Labute approximate surface area is 95.0 Å². The van der Waals surface area contributed by atoms with Crippen LogP contribution in [0.4, 0.5) is 0 Å². The third-order valence-corrected chi connectivity index (χ3v) is 3.36. The zero-order valence-electron chi connectivity index (χ0n) is 9.50. The molecule has 1 N–H and O–H groups in total. The molecule has 0 radical (unpaired) electrons. The van der Waals surface area contributed by atoms with E-state index in [2.05, 4.69) is 6.92 Å². The fourth-order valence-corrected chi connectivity index (χ4v) is 2.55. The van der Waals surface area contributed by atoms with Crippen molar-refractivity contribution in [3.63, 3.8) is 0 Å². The lowest BCUT2D eigenvalue weighted by Crippen LogP contribution is -2.57. The van der Waals surface area contributed by atoms with Gasteiger partial charge in [-0.15, -0.1) is 0 Å². The Bertz CT molecular complexity index is 289. The van der Waals surface area contributed by atoms with Crippen LogP contribution in [0.1, 0.15) is 13.3 Å². The lowest BCUT2D eigenvalue weighted by atomic mass is 9.89. The van der Waals surface area contributed by atoms with Crippen molar-refractivity contribution in [3.8, 4) is 0 Å². The van der Waals surface area contributed by atoms with Gasteiger partial charge in [-0.3, -0.25) is 9.59 Å². The molecule has 2 fully saturated rings. The number of rotatable bonds is 2. The maximum atomic E-state index is 12.0. The summed E-state index contributed by atoms with van der Waals surface area (Å²) in [6, 6.07) is 0. The second-order valence-electron chi connectivity index (χ2n) is 4.99. The quantitative estimate of drug-likeness (QED) is 0.634. The first-order valence-electron chi connectivity index (χ1n) is 5.76. The Kier molecular flexibility index (Phi) is 3.14. The van der Waals surface area contributed by atoms with Gasteiger partial charge in [-0.1, -0.05) is 6.92 Å². The summed E-state index contributed by atoms with van der Waals surface area (Å²) in [5.74, 6) is 0.379. The monoisotopic (exact) mass is 226 g/mol. The van der Waals surface area contributed by atoms with Crippen LogP contribution in [-0.4, -0.2) is 59.5 Å². The number of aliphatic hydroxyl groups is 1. The molecule has 0 aromatic heterocycles. The molecule has 0 saturated carbocycles. The lowest BCUT2D eigenvalue weighted by molar-refractivity contribution is -0.148. The molecule has 2 saturated heterocycles. The molecule has 0 bridgehead atoms. The maximum Gasteiger partial charge on any atom is 0.227 e. The SMILES string of the molecule is C[C@H]1C[C@@H](C(=O)N2CC(O)C2)CN(C=O)C1. The van der Waals surface area contributed by atoms with Crippen molar-refractivity contribution in [1.29, 1.82) is 0 Å². The Morgan fingerprint density at radius 1 is 1.31 bits per heavy atom. The standard InChI is InChI=1S/C11H18N2O3/c1-8-2-9(4-12(3-8)7-14)11(16)13-5-10(15)6-13/h7-10,15H,2-6H2,1H3/t8-,9+/m0/s1. The van der Waals surface area contributed by atoms with Crippen molar-refractivity contribution in [2.45, 2.75) is 19.4 Å². The normalized spacial score (nSPS) is 31.1. The van der Waals surface area contributed by atoms with Gasteiger partial charge in [-0.05, 0) is 12.3 Å². The van der Waals surface area contributed by atoms with Crippen LogP contribution in [0, 0.1) is 11.8 Å². The van der Waals surface area contributed by atoms with Crippen LogP contribution >= 0.6 is 0 Å². The van der Waals surface area contributed by atoms with Gasteiger partial charge >= 0.3 is 0 Å². The van der Waals surface area contributed by atoms with Gasteiger partial charge in [0.1, 0.15) is 0 Å². The van der Waals surface area contributed by atoms with Crippen LogP contribution in [0.5, 0.6) is 0 Å². The van der Waals surface area contributed by atoms with Crippen molar-refractivity contribution in [2.24, 2.45) is 11.8 Å². The molecule has 0 spiro atoms. The minimum absolute atomic E-state index is 0.0820. The van der Waals surface area contributed by atoms with Crippen LogP contribution in [0.3, 0.4) is 0 Å². The highest BCUT2D eigenvalue weighted by molar-refractivity contribution is 5.80.